The molecule has 2 aromatic carbocycles. The molecule has 104 valence electrons. The van der Waals surface area contributed by atoms with Gasteiger partial charge in [-0.2, -0.15) is 0 Å². The van der Waals surface area contributed by atoms with Crippen LogP contribution in [0.15, 0.2) is 42.5 Å². The minimum atomic E-state index is -0.361. The second kappa shape index (κ2) is 5.88. The van der Waals surface area contributed by atoms with Crippen LogP contribution in [0.5, 0.6) is 0 Å². The van der Waals surface area contributed by atoms with Gasteiger partial charge in [0, 0.05) is 36.7 Å². The van der Waals surface area contributed by atoms with Gasteiger partial charge in [0.25, 0.3) is 0 Å². The number of halogens is 1. The first-order valence-electron chi connectivity index (χ1n) is 6.11. The smallest absolute Gasteiger partial charge is 0.124 e. The first-order chi connectivity index (χ1) is 9.47. The average molecular weight is 289 g/mol. The van der Waals surface area contributed by atoms with Crippen LogP contribution < -0.4 is 16.0 Å². The van der Waals surface area contributed by atoms with Crippen LogP contribution in [0.3, 0.4) is 0 Å². The largest absolute Gasteiger partial charge is 0.389 e. The van der Waals surface area contributed by atoms with E-state index in [2.05, 4.69) is 5.32 Å². The number of thiocarbonyl (C=S) groups is 1. The molecule has 0 unspecified atom stereocenters. The quantitative estimate of drug-likeness (QED) is 0.848. The van der Waals surface area contributed by atoms with Crippen molar-refractivity contribution in [3.05, 3.63) is 53.8 Å². The van der Waals surface area contributed by atoms with E-state index >= 15 is 0 Å². The first-order valence-corrected chi connectivity index (χ1v) is 6.52. The van der Waals surface area contributed by atoms with Gasteiger partial charge in [-0.05, 0) is 36.4 Å². The number of benzene rings is 2. The first kappa shape index (κ1) is 14.3. The fourth-order valence-corrected chi connectivity index (χ4v) is 2.02. The summed E-state index contributed by atoms with van der Waals surface area (Å²) in [6.07, 6.45) is 0. The lowest BCUT2D eigenvalue weighted by Gasteiger charge is -2.16. The number of nitrogens with two attached hydrogens (primary N) is 1. The third-order valence-corrected chi connectivity index (χ3v) is 3.11. The Balaban J connectivity index is 2.35. The molecule has 0 aromatic heterocycles. The summed E-state index contributed by atoms with van der Waals surface area (Å²) in [6.45, 7) is 0. The minimum Gasteiger partial charge on any atom is -0.389 e. The Labute approximate surface area is 123 Å². The summed E-state index contributed by atoms with van der Waals surface area (Å²) >= 11 is 4.96. The maximum Gasteiger partial charge on any atom is 0.124 e. The van der Waals surface area contributed by atoms with Crippen LogP contribution in [0.2, 0.25) is 0 Å². The van der Waals surface area contributed by atoms with Crippen LogP contribution in [-0.4, -0.2) is 19.1 Å². The van der Waals surface area contributed by atoms with Crippen molar-refractivity contribution in [2.24, 2.45) is 5.73 Å². The van der Waals surface area contributed by atoms with Gasteiger partial charge < -0.3 is 16.0 Å². The Morgan fingerprint density at radius 3 is 2.60 bits per heavy atom. The van der Waals surface area contributed by atoms with Gasteiger partial charge in [0.1, 0.15) is 10.8 Å². The van der Waals surface area contributed by atoms with Crippen molar-refractivity contribution < 1.29 is 4.39 Å². The Morgan fingerprint density at radius 1 is 1.20 bits per heavy atom. The van der Waals surface area contributed by atoms with Crippen LogP contribution in [-0.2, 0) is 0 Å². The summed E-state index contributed by atoms with van der Waals surface area (Å²) in [6, 6.07) is 12.2. The highest BCUT2D eigenvalue weighted by molar-refractivity contribution is 7.80. The summed E-state index contributed by atoms with van der Waals surface area (Å²) < 4.78 is 13.3. The van der Waals surface area contributed by atoms with E-state index in [9.17, 15) is 4.39 Å². The predicted octanol–water partition coefficient (Wildman–Crippen LogP) is 3.27. The Morgan fingerprint density at radius 2 is 1.95 bits per heavy atom. The van der Waals surface area contributed by atoms with E-state index in [4.69, 9.17) is 18.0 Å². The van der Waals surface area contributed by atoms with Gasteiger partial charge in [0.15, 0.2) is 0 Å². The van der Waals surface area contributed by atoms with Crippen molar-refractivity contribution >= 4 is 34.3 Å². The average Bonchev–Trinajstić information content (AvgIpc) is 2.41. The van der Waals surface area contributed by atoms with Gasteiger partial charge in [0.05, 0.1) is 0 Å². The lowest BCUT2D eigenvalue weighted by molar-refractivity contribution is 0.628. The van der Waals surface area contributed by atoms with E-state index < -0.39 is 0 Å². The third-order valence-electron chi connectivity index (χ3n) is 2.89. The SMILES string of the molecule is CN(C)c1cccc(Nc2ccc(F)cc2C(N)=S)c1. The number of nitrogens with one attached hydrogen (secondary N) is 1. The van der Waals surface area contributed by atoms with E-state index in [1.807, 2.05) is 43.3 Å². The van der Waals surface area contributed by atoms with E-state index in [1.165, 1.54) is 12.1 Å². The van der Waals surface area contributed by atoms with E-state index in [0.29, 0.717) is 11.3 Å². The van der Waals surface area contributed by atoms with E-state index in [-0.39, 0.29) is 10.8 Å². The summed E-state index contributed by atoms with van der Waals surface area (Å²) in [5.74, 6) is -0.361. The van der Waals surface area contributed by atoms with E-state index in [1.54, 1.807) is 6.07 Å². The Kier molecular flexibility index (Phi) is 4.20. The standard InChI is InChI=1S/C15H16FN3S/c1-19(2)12-5-3-4-11(9-12)18-14-7-6-10(16)8-13(14)15(17)20/h3-9,18H,1-2H3,(H2,17,20). The lowest BCUT2D eigenvalue weighted by atomic mass is 10.1. The second-order valence-electron chi connectivity index (χ2n) is 4.62. The van der Waals surface area contributed by atoms with Gasteiger partial charge in [0.2, 0.25) is 0 Å². The molecule has 0 fully saturated rings. The molecule has 0 amide bonds. The topological polar surface area (TPSA) is 41.3 Å². The molecule has 0 saturated heterocycles. The molecule has 0 radical (unpaired) electrons. The molecular formula is C15H16FN3S. The van der Waals surface area contributed by atoms with Gasteiger partial charge in [-0.1, -0.05) is 18.3 Å². The summed E-state index contributed by atoms with van der Waals surface area (Å²) in [4.78, 5) is 2.17. The van der Waals surface area contributed by atoms with Gasteiger partial charge in [-0.15, -0.1) is 0 Å². The lowest BCUT2D eigenvalue weighted by Crippen LogP contribution is -2.12. The Bertz CT molecular complexity index is 641. The molecule has 2 rings (SSSR count). The minimum absolute atomic E-state index is 0.163. The second-order valence-corrected chi connectivity index (χ2v) is 5.06. The zero-order valence-corrected chi connectivity index (χ0v) is 12.2. The fourth-order valence-electron chi connectivity index (χ4n) is 1.85. The van der Waals surface area contributed by atoms with Crippen molar-refractivity contribution in [1.82, 2.24) is 0 Å². The summed E-state index contributed by atoms with van der Waals surface area (Å²) in [7, 11) is 3.94. The van der Waals surface area contributed by atoms with Crippen molar-refractivity contribution in [1.29, 1.82) is 0 Å². The van der Waals surface area contributed by atoms with Crippen LogP contribution in [0.25, 0.3) is 0 Å². The summed E-state index contributed by atoms with van der Waals surface area (Å²) in [5, 5.41) is 3.22. The third kappa shape index (κ3) is 3.24. The number of hydrogen-bond donors (Lipinski definition) is 2. The van der Waals surface area contributed by atoms with Crippen molar-refractivity contribution in [3.8, 4) is 0 Å². The zero-order valence-electron chi connectivity index (χ0n) is 11.4. The molecule has 20 heavy (non-hydrogen) atoms. The Hall–Kier alpha value is -2.14. The molecule has 0 bridgehead atoms. The highest BCUT2D eigenvalue weighted by atomic mass is 32.1. The van der Waals surface area contributed by atoms with Crippen LogP contribution >= 0.6 is 12.2 Å². The van der Waals surface area contributed by atoms with Gasteiger partial charge in [-0.3, -0.25) is 0 Å². The van der Waals surface area contributed by atoms with E-state index in [0.717, 1.165) is 11.4 Å². The molecule has 3 N–H and O–H groups in total. The molecule has 0 atom stereocenters. The number of nitrogens with zero attached hydrogens (tertiary/aromatic N) is 1. The molecule has 0 spiro atoms. The highest BCUT2D eigenvalue weighted by Crippen LogP contribution is 2.24. The molecule has 0 heterocycles. The van der Waals surface area contributed by atoms with Crippen molar-refractivity contribution in [2.45, 2.75) is 0 Å². The highest BCUT2D eigenvalue weighted by Gasteiger charge is 2.07. The number of rotatable bonds is 4. The van der Waals surface area contributed by atoms with Crippen LogP contribution in [0.1, 0.15) is 5.56 Å². The van der Waals surface area contributed by atoms with Gasteiger partial charge in [-0.25, -0.2) is 4.39 Å². The predicted molar refractivity (Wildman–Crippen MR) is 86.3 cm³/mol. The monoisotopic (exact) mass is 289 g/mol. The molecule has 0 aliphatic heterocycles. The molecule has 0 aliphatic rings. The van der Waals surface area contributed by atoms with Crippen LogP contribution in [0, 0.1) is 5.82 Å². The van der Waals surface area contributed by atoms with Crippen molar-refractivity contribution in [3.63, 3.8) is 0 Å². The van der Waals surface area contributed by atoms with Crippen molar-refractivity contribution in [2.75, 3.05) is 24.3 Å². The van der Waals surface area contributed by atoms with Crippen LogP contribution in [0.4, 0.5) is 21.5 Å². The molecule has 3 nitrogen and oxygen atoms in total. The zero-order chi connectivity index (χ0) is 14.7. The summed E-state index contributed by atoms with van der Waals surface area (Å²) in [5.41, 5.74) is 8.77. The maximum absolute atomic E-state index is 13.3. The fraction of sp³-hybridized carbons (Fsp3) is 0.133. The molecule has 2 aromatic rings. The molecule has 0 aliphatic carbocycles. The maximum atomic E-state index is 13.3. The molecule has 0 saturated carbocycles. The van der Waals surface area contributed by atoms with Gasteiger partial charge >= 0.3 is 0 Å². The molecular weight excluding hydrogens is 273 g/mol. The molecule has 5 heteroatoms. The normalized spacial score (nSPS) is 10.2. The number of anilines is 3. The number of hydrogen-bond acceptors (Lipinski definition) is 3.